The van der Waals surface area contributed by atoms with Crippen molar-refractivity contribution in [1.82, 2.24) is 4.90 Å². The summed E-state index contributed by atoms with van der Waals surface area (Å²) in [5.74, 6) is 1.08. The third-order valence-corrected chi connectivity index (χ3v) is 4.60. The van der Waals surface area contributed by atoms with Gasteiger partial charge in [0, 0.05) is 12.6 Å². The molecule has 1 fully saturated rings. The van der Waals surface area contributed by atoms with Gasteiger partial charge in [0.15, 0.2) is 0 Å². The van der Waals surface area contributed by atoms with Crippen LogP contribution in [-0.2, 0) is 6.42 Å². The summed E-state index contributed by atoms with van der Waals surface area (Å²) in [5, 5.41) is 9.66. The molecule has 2 heteroatoms. The molecule has 1 aromatic rings. The number of rotatable bonds is 2. The fraction of sp³-hybridized carbons (Fsp3) is 0.529. The van der Waals surface area contributed by atoms with Gasteiger partial charge >= 0.3 is 0 Å². The van der Waals surface area contributed by atoms with Crippen molar-refractivity contribution in [1.29, 1.82) is 0 Å². The standard InChI is InChI=1S/C17H23NO/c1-12(2)5-7-18-8-6-14-10-15(18)9-13-3-4-16(19)11-17(13)14/h3-5,11,14-15,19H,6-10H2,1-2H3. The fourth-order valence-electron chi connectivity index (χ4n) is 3.54. The highest BCUT2D eigenvalue weighted by molar-refractivity contribution is 5.40. The van der Waals surface area contributed by atoms with Crippen LogP contribution in [0.15, 0.2) is 29.8 Å². The highest BCUT2D eigenvalue weighted by atomic mass is 16.3. The van der Waals surface area contributed by atoms with Crippen molar-refractivity contribution < 1.29 is 5.11 Å². The minimum Gasteiger partial charge on any atom is -0.508 e. The van der Waals surface area contributed by atoms with Crippen LogP contribution in [0.4, 0.5) is 0 Å². The van der Waals surface area contributed by atoms with Gasteiger partial charge in [-0.3, -0.25) is 4.90 Å². The number of fused-ring (bicyclic) bond motifs is 4. The van der Waals surface area contributed by atoms with Crippen LogP contribution < -0.4 is 0 Å². The second kappa shape index (κ2) is 5.01. The first-order chi connectivity index (χ1) is 9.13. The molecule has 102 valence electrons. The van der Waals surface area contributed by atoms with E-state index in [0.717, 1.165) is 13.0 Å². The Balaban J connectivity index is 1.81. The summed E-state index contributed by atoms with van der Waals surface area (Å²) in [6.45, 7) is 6.62. The van der Waals surface area contributed by atoms with E-state index in [0.29, 0.717) is 17.7 Å². The second-order valence-corrected chi connectivity index (χ2v) is 6.24. The predicted octanol–water partition coefficient (Wildman–Crippen LogP) is 3.46. The number of phenols is 1. The van der Waals surface area contributed by atoms with Crippen LogP contribution in [-0.4, -0.2) is 29.1 Å². The smallest absolute Gasteiger partial charge is 0.115 e. The zero-order chi connectivity index (χ0) is 13.4. The Morgan fingerprint density at radius 1 is 1.42 bits per heavy atom. The normalized spacial score (nSPS) is 25.8. The lowest BCUT2D eigenvalue weighted by atomic mass is 9.75. The van der Waals surface area contributed by atoms with Gasteiger partial charge in [-0.15, -0.1) is 0 Å². The highest BCUT2D eigenvalue weighted by Crippen LogP contribution is 2.40. The van der Waals surface area contributed by atoms with Gasteiger partial charge in [0.1, 0.15) is 5.75 Å². The fourth-order valence-corrected chi connectivity index (χ4v) is 3.54. The van der Waals surface area contributed by atoms with Crippen molar-refractivity contribution in [2.24, 2.45) is 0 Å². The molecular formula is C17H23NO. The Hall–Kier alpha value is -1.28. The Bertz CT molecular complexity index is 502. The van der Waals surface area contributed by atoms with Crippen LogP contribution in [0, 0.1) is 0 Å². The lowest BCUT2D eigenvalue weighted by Gasteiger charge is -2.43. The lowest BCUT2D eigenvalue weighted by molar-refractivity contribution is 0.138. The number of benzene rings is 1. The summed E-state index contributed by atoms with van der Waals surface area (Å²) < 4.78 is 0. The first-order valence-electron chi connectivity index (χ1n) is 7.32. The van der Waals surface area contributed by atoms with Crippen molar-refractivity contribution >= 4 is 0 Å². The average Bonchev–Trinajstić information content (AvgIpc) is 2.39. The quantitative estimate of drug-likeness (QED) is 0.820. The van der Waals surface area contributed by atoms with E-state index in [1.807, 2.05) is 12.1 Å². The minimum atomic E-state index is 0.421. The van der Waals surface area contributed by atoms with E-state index in [-0.39, 0.29) is 0 Å². The number of nitrogens with zero attached hydrogens (tertiary/aromatic N) is 1. The van der Waals surface area contributed by atoms with E-state index in [1.165, 1.54) is 36.1 Å². The maximum absolute atomic E-state index is 9.66. The molecule has 0 radical (unpaired) electrons. The number of aromatic hydroxyl groups is 1. The van der Waals surface area contributed by atoms with Crippen molar-refractivity contribution in [2.75, 3.05) is 13.1 Å². The van der Waals surface area contributed by atoms with Gasteiger partial charge in [-0.05, 0) is 68.8 Å². The van der Waals surface area contributed by atoms with Crippen LogP contribution >= 0.6 is 0 Å². The summed E-state index contributed by atoms with van der Waals surface area (Å²) in [6.07, 6.45) is 5.96. The minimum absolute atomic E-state index is 0.421. The molecule has 2 aliphatic rings. The zero-order valence-corrected chi connectivity index (χ0v) is 11.9. The first kappa shape index (κ1) is 12.7. The lowest BCUT2D eigenvalue weighted by Crippen LogP contribution is -2.45. The maximum atomic E-state index is 9.66. The Kier molecular flexibility index (Phi) is 3.36. The number of hydrogen-bond donors (Lipinski definition) is 1. The maximum Gasteiger partial charge on any atom is 0.115 e. The van der Waals surface area contributed by atoms with E-state index in [2.05, 4.69) is 30.9 Å². The molecule has 2 bridgehead atoms. The van der Waals surface area contributed by atoms with Crippen LogP contribution in [0.3, 0.4) is 0 Å². The van der Waals surface area contributed by atoms with E-state index >= 15 is 0 Å². The van der Waals surface area contributed by atoms with Crippen molar-refractivity contribution in [2.45, 2.75) is 45.1 Å². The third-order valence-electron chi connectivity index (χ3n) is 4.60. The Morgan fingerprint density at radius 3 is 3.05 bits per heavy atom. The Labute approximate surface area is 115 Å². The number of phenolic OH excluding ortho intramolecular Hbond substituents is 1. The van der Waals surface area contributed by atoms with E-state index in [4.69, 9.17) is 0 Å². The summed E-state index contributed by atoms with van der Waals surface area (Å²) in [6, 6.07) is 6.63. The van der Waals surface area contributed by atoms with Crippen molar-refractivity contribution in [3.05, 3.63) is 41.0 Å². The van der Waals surface area contributed by atoms with Gasteiger partial charge in [-0.25, -0.2) is 0 Å². The third kappa shape index (κ3) is 2.55. The molecule has 2 nitrogen and oxygen atoms in total. The molecule has 0 aromatic heterocycles. The molecule has 0 spiro atoms. The molecule has 1 aliphatic carbocycles. The molecule has 0 saturated carbocycles. The average molecular weight is 257 g/mol. The van der Waals surface area contributed by atoms with Crippen LogP contribution in [0.1, 0.15) is 43.7 Å². The molecule has 2 unspecified atom stereocenters. The predicted molar refractivity (Wildman–Crippen MR) is 78.6 cm³/mol. The van der Waals surface area contributed by atoms with Crippen LogP contribution in [0.2, 0.25) is 0 Å². The molecule has 1 aromatic carbocycles. The van der Waals surface area contributed by atoms with E-state index in [9.17, 15) is 5.11 Å². The van der Waals surface area contributed by atoms with Gasteiger partial charge in [0.2, 0.25) is 0 Å². The largest absolute Gasteiger partial charge is 0.508 e. The molecule has 19 heavy (non-hydrogen) atoms. The summed E-state index contributed by atoms with van der Waals surface area (Å²) in [7, 11) is 0. The molecule has 2 atom stereocenters. The van der Waals surface area contributed by atoms with Gasteiger partial charge < -0.3 is 5.11 Å². The summed E-state index contributed by atoms with van der Waals surface area (Å²) >= 11 is 0. The molecule has 1 aliphatic heterocycles. The number of likely N-dealkylation sites (tertiary alicyclic amines) is 1. The molecular weight excluding hydrogens is 234 g/mol. The van der Waals surface area contributed by atoms with E-state index < -0.39 is 0 Å². The zero-order valence-electron chi connectivity index (χ0n) is 11.9. The molecule has 3 rings (SSSR count). The molecule has 1 N–H and O–H groups in total. The summed E-state index contributed by atoms with van der Waals surface area (Å²) in [5.41, 5.74) is 4.25. The first-order valence-corrected chi connectivity index (χ1v) is 7.32. The number of hydrogen-bond acceptors (Lipinski definition) is 2. The molecule has 1 saturated heterocycles. The molecule has 1 heterocycles. The number of piperidine rings is 1. The van der Waals surface area contributed by atoms with Gasteiger partial charge in [0.05, 0.1) is 0 Å². The highest BCUT2D eigenvalue weighted by Gasteiger charge is 2.34. The molecule has 0 amide bonds. The van der Waals surface area contributed by atoms with Crippen LogP contribution in [0.25, 0.3) is 0 Å². The monoisotopic (exact) mass is 257 g/mol. The number of allylic oxidation sites excluding steroid dienone is 1. The van der Waals surface area contributed by atoms with Crippen molar-refractivity contribution in [3.63, 3.8) is 0 Å². The Morgan fingerprint density at radius 2 is 2.26 bits per heavy atom. The van der Waals surface area contributed by atoms with Gasteiger partial charge in [-0.2, -0.15) is 0 Å². The van der Waals surface area contributed by atoms with Crippen molar-refractivity contribution in [3.8, 4) is 5.75 Å². The van der Waals surface area contributed by atoms with E-state index in [1.54, 1.807) is 0 Å². The van der Waals surface area contributed by atoms with Gasteiger partial charge in [-0.1, -0.05) is 17.7 Å². The second-order valence-electron chi connectivity index (χ2n) is 6.24. The van der Waals surface area contributed by atoms with Gasteiger partial charge in [0.25, 0.3) is 0 Å². The SMILES string of the molecule is CC(C)=CCN1CCC2CC1Cc1ccc(O)cc12. The van der Waals surface area contributed by atoms with Crippen LogP contribution in [0.5, 0.6) is 5.75 Å². The topological polar surface area (TPSA) is 23.5 Å². The summed E-state index contributed by atoms with van der Waals surface area (Å²) in [4.78, 5) is 2.62.